The first kappa shape index (κ1) is 18.7. The first-order chi connectivity index (χ1) is 12.0. The molecule has 0 saturated carbocycles. The highest BCUT2D eigenvalue weighted by Crippen LogP contribution is 2.31. The van der Waals surface area contributed by atoms with E-state index in [1.165, 1.54) is 57.3 Å². The normalized spacial score (nSPS) is 24.2. The Morgan fingerprint density at radius 2 is 1.76 bits per heavy atom. The van der Waals surface area contributed by atoms with Gasteiger partial charge < -0.3 is 10.2 Å². The van der Waals surface area contributed by atoms with Crippen LogP contribution >= 0.6 is 0 Å². The van der Waals surface area contributed by atoms with Gasteiger partial charge in [-0.2, -0.15) is 13.2 Å². The number of hydrogen-bond donors (Lipinski definition) is 1. The minimum Gasteiger partial charge on any atom is -0.316 e. The lowest BCUT2D eigenvalue weighted by molar-refractivity contribution is -0.137. The van der Waals surface area contributed by atoms with Crippen molar-refractivity contribution in [1.29, 1.82) is 0 Å². The minimum absolute atomic E-state index is 0.516. The molecule has 1 aromatic carbocycles. The van der Waals surface area contributed by atoms with Crippen LogP contribution in [0.4, 0.5) is 13.2 Å². The topological polar surface area (TPSA) is 15.3 Å². The summed E-state index contributed by atoms with van der Waals surface area (Å²) < 4.78 is 38.3. The molecule has 0 amide bonds. The van der Waals surface area contributed by atoms with Gasteiger partial charge in [-0.15, -0.1) is 0 Å². The van der Waals surface area contributed by atoms with Crippen LogP contribution in [0.1, 0.15) is 43.2 Å². The Bertz CT molecular complexity index is 515. The van der Waals surface area contributed by atoms with Crippen molar-refractivity contribution in [3.05, 3.63) is 35.4 Å². The van der Waals surface area contributed by atoms with Gasteiger partial charge in [0.05, 0.1) is 5.56 Å². The van der Waals surface area contributed by atoms with E-state index in [0.717, 1.165) is 31.6 Å². The number of rotatable bonds is 5. The van der Waals surface area contributed by atoms with E-state index in [1.807, 2.05) is 0 Å². The van der Waals surface area contributed by atoms with E-state index >= 15 is 0 Å². The lowest BCUT2D eigenvalue weighted by Gasteiger charge is -2.36. The zero-order valence-corrected chi connectivity index (χ0v) is 14.8. The third kappa shape index (κ3) is 5.45. The fourth-order valence-corrected chi connectivity index (χ4v) is 4.27. The van der Waals surface area contributed by atoms with Crippen molar-refractivity contribution in [3.63, 3.8) is 0 Å². The average molecular weight is 354 g/mol. The Balaban J connectivity index is 1.67. The van der Waals surface area contributed by atoms with Gasteiger partial charge in [0, 0.05) is 6.54 Å². The summed E-state index contributed by atoms with van der Waals surface area (Å²) >= 11 is 0. The molecular weight excluding hydrogens is 325 g/mol. The smallest absolute Gasteiger partial charge is 0.316 e. The van der Waals surface area contributed by atoms with Crippen LogP contribution in [0.2, 0.25) is 0 Å². The molecule has 3 rings (SSSR count). The molecule has 0 bridgehead atoms. The molecule has 1 aromatic rings. The van der Waals surface area contributed by atoms with Gasteiger partial charge in [0.2, 0.25) is 0 Å². The van der Waals surface area contributed by atoms with Gasteiger partial charge in [0.25, 0.3) is 0 Å². The van der Waals surface area contributed by atoms with Crippen LogP contribution in [0, 0.1) is 11.8 Å². The van der Waals surface area contributed by atoms with Crippen LogP contribution < -0.4 is 5.32 Å². The Morgan fingerprint density at radius 3 is 2.36 bits per heavy atom. The maximum Gasteiger partial charge on any atom is 0.416 e. The molecular formula is C20H29F3N2. The van der Waals surface area contributed by atoms with Crippen molar-refractivity contribution >= 4 is 0 Å². The van der Waals surface area contributed by atoms with Crippen LogP contribution in [-0.2, 0) is 12.6 Å². The standard InChI is InChI=1S/C20H29F3N2/c21-20(22,23)19-8-6-16(7-9-19)13-18(17-5-4-10-24-14-17)15-25-11-2-1-3-12-25/h6-9,17-18,24H,1-5,10-15H2. The van der Waals surface area contributed by atoms with E-state index in [2.05, 4.69) is 10.2 Å². The third-order valence-electron chi connectivity index (χ3n) is 5.72. The zero-order valence-electron chi connectivity index (χ0n) is 14.8. The van der Waals surface area contributed by atoms with Crippen LogP contribution in [0.15, 0.2) is 24.3 Å². The zero-order chi connectivity index (χ0) is 17.7. The van der Waals surface area contributed by atoms with Crippen molar-refractivity contribution in [2.75, 3.05) is 32.7 Å². The maximum absolute atomic E-state index is 12.8. The average Bonchev–Trinajstić information content (AvgIpc) is 2.62. The molecule has 2 saturated heterocycles. The molecule has 140 valence electrons. The van der Waals surface area contributed by atoms with Crippen LogP contribution in [-0.4, -0.2) is 37.6 Å². The summed E-state index contributed by atoms with van der Waals surface area (Å²) in [5, 5.41) is 3.50. The molecule has 2 fully saturated rings. The molecule has 0 spiro atoms. The summed E-state index contributed by atoms with van der Waals surface area (Å²) in [6.45, 7) is 5.55. The van der Waals surface area contributed by atoms with E-state index in [9.17, 15) is 13.2 Å². The largest absolute Gasteiger partial charge is 0.416 e. The minimum atomic E-state index is -4.25. The van der Waals surface area contributed by atoms with Crippen LogP contribution in [0.5, 0.6) is 0 Å². The second-order valence-corrected chi connectivity index (χ2v) is 7.63. The molecule has 1 N–H and O–H groups in total. The van der Waals surface area contributed by atoms with E-state index in [4.69, 9.17) is 0 Å². The second kappa shape index (κ2) is 8.54. The predicted molar refractivity (Wildman–Crippen MR) is 94.5 cm³/mol. The molecule has 0 aliphatic carbocycles. The number of likely N-dealkylation sites (tertiary alicyclic amines) is 1. The Kier molecular flexibility index (Phi) is 6.39. The highest BCUT2D eigenvalue weighted by molar-refractivity contribution is 5.25. The number of alkyl halides is 3. The monoisotopic (exact) mass is 354 g/mol. The Morgan fingerprint density at radius 1 is 1.04 bits per heavy atom. The Hall–Kier alpha value is -1.07. The van der Waals surface area contributed by atoms with Gasteiger partial charge in [-0.1, -0.05) is 18.6 Å². The number of halogens is 3. The molecule has 2 unspecified atom stereocenters. The first-order valence-corrected chi connectivity index (χ1v) is 9.61. The first-order valence-electron chi connectivity index (χ1n) is 9.61. The van der Waals surface area contributed by atoms with E-state index in [-0.39, 0.29) is 0 Å². The number of nitrogens with one attached hydrogen (secondary N) is 1. The predicted octanol–water partition coefficient (Wildman–Crippen LogP) is 4.35. The summed E-state index contributed by atoms with van der Waals surface area (Å²) in [4.78, 5) is 2.56. The van der Waals surface area contributed by atoms with Crippen molar-refractivity contribution in [2.45, 2.75) is 44.7 Å². The quantitative estimate of drug-likeness (QED) is 0.846. The van der Waals surface area contributed by atoms with Crippen molar-refractivity contribution in [1.82, 2.24) is 10.2 Å². The lowest BCUT2D eigenvalue weighted by Crippen LogP contribution is -2.42. The molecule has 2 heterocycles. The summed E-state index contributed by atoms with van der Waals surface area (Å²) in [7, 11) is 0. The van der Waals surface area contributed by atoms with Gasteiger partial charge in [0.1, 0.15) is 0 Å². The molecule has 5 heteroatoms. The highest BCUT2D eigenvalue weighted by Gasteiger charge is 2.30. The van der Waals surface area contributed by atoms with Gasteiger partial charge in [-0.25, -0.2) is 0 Å². The van der Waals surface area contributed by atoms with E-state index in [1.54, 1.807) is 12.1 Å². The molecule has 2 aliphatic rings. The second-order valence-electron chi connectivity index (χ2n) is 7.63. The summed E-state index contributed by atoms with van der Waals surface area (Å²) in [5.74, 6) is 1.14. The van der Waals surface area contributed by atoms with E-state index in [0.29, 0.717) is 11.8 Å². The van der Waals surface area contributed by atoms with E-state index < -0.39 is 11.7 Å². The van der Waals surface area contributed by atoms with Crippen molar-refractivity contribution in [2.24, 2.45) is 11.8 Å². The van der Waals surface area contributed by atoms with Gasteiger partial charge in [0.15, 0.2) is 0 Å². The molecule has 0 aromatic heterocycles. The highest BCUT2D eigenvalue weighted by atomic mass is 19.4. The molecule has 0 radical (unpaired) electrons. The lowest BCUT2D eigenvalue weighted by atomic mass is 9.81. The number of hydrogen-bond acceptors (Lipinski definition) is 2. The van der Waals surface area contributed by atoms with Gasteiger partial charge >= 0.3 is 6.18 Å². The molecule has 25 heavy (non-hydrogen) atoms. The van der Waals surface area contributed by atoms with Gasteiger partial charge in [-0.3, -0.25) is 0 Å². The van der Waals surface area contributed by atoms with Crippen molar-refractivity contribution < 1.29 is 13.2 Å². The van der Waals surface area contributed by atoms with Crippen LogP contribution in [0.25, 0.3) is 0 Å². The molecule has 2 nitrogen and oxygen atoms in total. The van der Waals surface area contributed by atoms with Crippen molar-refractivity contribution in [3.8, 4) is 0 Å². The Labute approximate surface area is 148 Å². The number of benzene rings is 1. The third-order valence-corrected chi connectivity index (χ3v) is 5.72. The van der Waals surface area contributed by atoms with Crippen LogP contribution in [0.3, 0.4) is 0 Å². The fourth-order valence-electron chi connectivity index (χ4n) is 4.27. The fraction of sp³-hybridized carbons (Fsp3) is 0.700. The molecule has 2 atom stereocenters. The number of piperidine rings is 2. The molecule has 2 aliphatic heterocycles. The maximum atomic E-state index is 12.8. The van der Waals surface area contributed by atoms with Gasteiger partial charge in [-0.05, 0) is 87.8 Å². The SMILES string of the molecule is FC(F)(F)c1ccc(CC(CN2CCCCC2)C2CCCNC2)cc1. The summed E-state index contributed by atoms with van der Waals surface area (Å²) in [6.07, 6.45) is 2.93. The number of nitrogens with zero attached hydrogens (tertiary/aromatic N) is 1. The summed E-state index contributed by atoms with van der Waals surface area (Å²) in [5.41, 5.74) is 0.476. The summed E-state index contributed by atoms with van der Waals surface area (Å²) in [6, 6.07) is 5.80.